The summed E-state index contributed by atoms with van der Waals surface area (Å²) >= 11 is 0. The monoisotopic (exact) mass is 539 g/mol. The lowest BCUT2D eigenvalue weighted by Crippen LogP contribution is -2.43. The molecule has 3 heterocycles. The Labute approximate surface area is 220 Å². The van der Waals surface area contributed by atoms with E-state index in [4.69, 9.17) is 4.98 Å². The summed E-state index contributed by atoms with van der Waals surface area (Å²) in [7, 11) is 3.50. The Balaban J connectivity index is 1.54. The average Bonchev–Trinajstić information content (AvgIpc) is 2.88. The first-order valence-corrected chi connectivity index (χ1v) is 12.7. The van der Waals surface area contributed by atoms with E-state index in [1.54, 1.807) is 19.0 Å². The summed E-state index contributed by atoms with van der Waals surface area (Å²) < 4.78 is 38.2. The number of alkyl halides is 3. The highest BCUT2D eigenvalue weighted by Crippen LogP contribution is 2.28. The Morgan fingerprint density at radius 1 is 1.18 bits per heavy atom. The minimum atomic E-state index is -4.58. The van der Waals surface area contributed by atoms with E-state index in [2.05, 4.69) is 32.7 Å². The molecule has 0 aromatic carbocycles. The summed E-state index contributed by atoms with van der Waals surface area (Å²) in [5, 5.41) is 25.9. The Bertz CT molecular complexity index is 1040. The number of aromatic nitrogens is 3. The van der Waals surface area contributed by atoms with Crippen molar-refractivity contribution in [2.45, 2.75) is 57.0 Å². The Kier molecular flexibility index (Phi) is 10.6. The number of carbonyl (C=O) groups is 1. The number of fused-ring (bicyclic) bond motifs is 1. The van der Waals surface area contributed by atoms with Crippen molar-refractivity contribution in [1.82, 2.24) is 24.8 Å². The number of rotatable bonds is 14. The number of likely N-dealkylation sites (N-methyl/N-ethyl adjacent to an activating group) is 1. The molecule has 13 heteroatoms. The quantitative estimate of drug-likeness (QED) is 0.210. The molecule has 38 heavy (non-hydrogen) atoms. The number of pyridine rings is 1. The molecule has 0 fully saturated rings. The Hall–Kier alpha value is -3.03. The van der Waals surface area contributed by atoms with Gasteiger partial charge in [0.2, 0.25) is 5.95 Å². The van der Waals surface area contributed by atoms with Gasteiger partial charge in [-0.1, -0.05) is 6.07 Å². The molecule has 210 valence electrons. The molecule has 0 unspecified atom stereocenters. The second kappa shape index (κ2) is 13.7. The van der Waals surface area contributed by atoms with Gasteiger partial charge in [0.1, 0.15) is 18.1 Å². The van der Waals surface area contributed by atoms with Crippen LogP contribution in [0.5, 0.6) is 0 Å². The molecule has 0 aliphatic carbocycles. The molecule has 4 N–H and O–H groups in total. The minimum absolute atomic E-state index is 0.137. The zero-order valence-corrected chi connectivity index (χ0v) is 21.7. The molecule has 10 nitrogen and oxygen atoms in total. The molecule has 0 spiro atoms. The van der Waals surface area contributed by atoms with Crippen LogP contribution in [-0.4, -0.2) is 93.5 Å². The van der Waals surface area contributed by atoms with Crippen LogP contribution in [0, 0.1) is 0 Å². The number of hydrogen-bond acceptors (Lipinski definition) is 9. The summed E-state index contributed by atoms with van der Waals surface area (Å²) in [6.07, 6.45) is 0.696. The van der Waals surface area contributed by atoms with Crippen LogP contribution in [0.1, 0.15) is 42.5 Å². The second-order valence-corrected chi connectivity index (χ2v) is 9.66. The lowest BCUT2D eigenvalue weighted by atomic mass is 10.1. The number of unbranched alkanes of at least 4 members (excludes halogenated alkanes) is 1. The second-order valence-electron chi connectivity index (χ2n) is 9.66. The van der Waals surface area contributed by atoms with Gasteiger partial charge >= 0.3 is 12.1 Å². The number of anilines is 2. The van der Waals surface area contributed by atoms with Crippen LogP contribution in [0.2, 0.25) is 0 Å². The predicted octanol–water partition coefficient (Wildman–Crippen LogP) is 2.71. The maximum Gasteiger partial charge on any atom is 0.419 e. The number of halogens is 3. The van der Waals surface area contributed by atoms with Gasteiger partial charge in [-0.15, -0.1) is 0 Å². The molecule has 0 amide bonds. The van der Waals surface area contributed by atoms with Gasteiger partial charge < -0.3 is 20.8 Å². The fraction of sp³-hybridized carbons (Fsp3) is 0.600. The highest BCUT2D eigenvalue weighted by molar-refractivity contribution is 5.76. The third kappa shape index (κ3) is 9.07. The lowest BCUT2D eigenvalue weighted by Gasteiger charge is -2.29. The van der Waals surface area contributed by atoms with Gasteiger partial charge in [-0.2, -0.15) is 13.2 Å². The number of carboxylic acids is 1. The first-order chi connectivity index (χ1) is 18.0. The summed E-state index contributed by atoms with van der Waals surface area (Å²) in [6.45, 7) is 2.23. The molecule has 1 aliphatic rings. The van der Waals surface area contributed by atoms with Crippen LogP contribution in [0.4, 0.5) is 24.9 Å². The SMILES string of the molecule is CN(C)[C@@H](O)CN(CCCCc1ccc2c(n1)NCCC2)CC[C@H](Nc1ncc(C(F)(F)F)cn1)C(=O)O. The third-order valence-electron chi connectivity index (χ3n) is 6.44. The van der Waals surface area contributed by atoms with Crippen molar-refractivity contribution in [2.24, 2.45) is 0 Å². The standard InChI is InChI=1S/C25H36F3N7O3/c1-34(2)21(36)16-35(12-4-3-7-19-9-8-17-6-5-11-29-22(17)32-19)13-10-20(23(37)38)33-24-30-14-18(15-31-24)25(26,27)28/h8-9,14-15,20-21,36H,3-7,10-13,16H2,1-2H3,(H,29,32)(H,37,38)(H,30,31,33)/t20-,21-/m0/s1. The van der Waals surface area contributed by atoms with Gasteiger partial charge in [-0.25, -0.2) is 19.7 Å². The molecule has 0 saturated carbocycles. The zero-order chi connectivity index (χ0) is 27.7. The predicted molar refractivity (Wildman–Crippen MR) is 137 cm³/mol. The topological polar surface area (TPSA) is 127 Å². The number of aliphatic hydroxyl groups excluding tert-OH is 1. The maximum absolute atomic E-state index is 12.7. The Morgan fingerprint density at radius 3 is 2.58 bits per heavy atom. The summed E-state index contributed by atoms with van der Waals surface area (Å²) in [4.78, 5) is 27.4. The highest BCUT2D eigenvalue weighted by Gasteiger charge is 2.31. The number of nitrogens with zero attached hydrogens (tertiary/aromatic N) is 5. The third-order valence-corrected chi connectivity index (χ3v) is 6.44. The number of aliphatic carboxylic acids is 1. The first-order valence-electron chi connectivity index (χ1n) is 12.7. The van der Waals surface area contributed by atoms with E-state index in [0.29, 0.717) is 32.0 Å². The van der Waals surface area contributed by atoms with E-state index < -0.39 is 30.0 Å². The van der Waals surface area contributed by atoms with Gasteiger partial charge in [0.05, 0.1) is 5.56 Å². The number of aliphatic hydroxyl groups is 1. The lowest BCUT2D eigenvalue weighted by molar-refractivity contribution is -0.139. The molecular weight excluding hydrogens is 503 g/mol. The van der Waals surface area contributed by atoms with Gasteiger partial charge in [0, 0.05) is 37.7 Å². The minimum Gasteiger partial charge on any atom is -0.480 e. The van der Waals surface area contributed by atoms with Crippen molar-refractivity contribution in [3.05, 3.63) is 41.3 Å². The van der Waals surface area contributed by atoms with Crippen LogP contribution < -0.4 is 10.6 Å². The summed E-state index contributed by atoms with van der Waals surface area (Å²) in [5.41, 5.74) is 1.25. The maximum atomic E-state index is 12.7. The molecule has 2 aromatic heterocycles. The highest BCUT2D eigenvalue weighted by atomic mass is 19.4. The van der Waals surface area contributed by atoms with Crippen molar-refractivity contribution >= 4 is 17.7 Å². The van der Waals surface area contributed by atoms with Crippen molar-refractivity contribution in [3.8, 4) is 0 Å². The van der Waals surface area contributed by atoms with Gasteiger partial charge in [0.25, 0.3) is 0 Å². The van der Waals surface area contributed by atoms with Crippen LogP contribution >= 0.6 is 0 Å². The van der Waals surface area contributed by atoms with Crippen molar-refractivity contribution < 1.29 is 28.2 Å². The van der Waals surface area contributed by atoms with E-state index in [1.165, 1.54) is 5.56 Å². The van der Waals surface area contributed by atoms with Gasteiger partial charge in [0.15, 0.2) is 0 Å². The Morgan fingerprint density at radius 2 is 1.92 bits per heavy atom. The van der Waals surface area contributed by atoms with Gasteiger partial charge in [-0.05, 0) is 70.8 Å². The normalized spacial score (nSPS) is 15.2. The molecule has 2 aromatic rings. The van der Waals surface area contributed by atoms with Crippen LogP contribution in [0.15, 0.2) is 24.5 Å². The van der Waals surface area contributed by atoms with Crippen molar-refractivity contribution in [2.75, 3.05) is 50.9 Å². The average molecular weight is 540 g/mol. The zero-order valence-electron chi connectivity index (χ0n) is 21.7. The van der Waals surface area contributed by atoms with Crippen molar-refractivity contribution in [1.29, 1.82) is 0 Å². The largest absolute Gasteiger partial charge is 0.480 e. The molecule has 0 radical (unpaired) electrons. The van der Waals surface area contributed by atoms with Gasteiger partial charge in [-0.3, -0.25) is 9.80 Å². The molecule has 0 saturated heterocycles. The fourth-order valence-corrected chi connectivity index (χ4v) is 4.11. The van der Waals surface area contributed by atoms with E-state index in [9.17, 15) is 28.2 Å². The molecule has 2 atom stereocenters. The summed E-state index contributed by atoms with van der Waals surface area (Å²) in [5.74, 6) is -0.403. The molecular formula is C25H36F3N7O3. The number of aryl methyl sites for hydroxylation is 2. The van der Waals surface area contributed by atoms with E-state index in [0.717, 1.165) is 50.2 Å². The van der Waals surface area contributed by atoms with E-state index in [1.807, 2.05) is 4.90 Å². The van der Waals surface area contributed by atoms with Crippen molar-refractivity contribution in [3.63, 3.8) is 0 Å². The fourth-order valence-electron chi connectivity index (χ4n) is 4.11. The first kappa shape index (κ1) is 29.5. The van der Waals surface area contributed by atoms with Crippen LogP contribution in [0.3, 0.4) is 0 Å². The number of carboxylic acid groups (broad SMARTS) is 1. The summed E-state index contributed by atoms with van der Waals surface area (Å²) in [6, 6.07) is 3.08. The smallest absolute Gasteiger partial charge is 0.419 e. The molecule has 0 bridgehead atoms. The molecule has 1 aliphatic heterocycles. The van der Waals surface area contributed by atoms with E-state index in [-0.39, 0.29) is 12.4 Å². The van der Waals surface area contributed by atoms with Crippen LogP contribution in [0.25, 0.3) is 0 Å². The number of hydrogen-bond donors (Lipinski definition) is 4. The van der Waals surface area contributed by atoms with E-state index >= 15 is 0 Å². The molecule has 3 rings (SSSR count). The van der Waals surface area contributed by atoms with Crippen LogP contribution in [-0.2, 0) is 23.8 Å². The number of nitrogens with one attached hydrogen (secondary N) is 2.